The van der Waals surface area contributed by atoms with Crippen LogP contribution in [0.2, 0.25) is 0 Å². The molecule has 0 radical (unpaired) electrons. The Labute approximate surface area is 125 Å². The van der Waals surface area contributed by atoms with Crippen molar-refractivity contribution in [1.82, 2.24) is 0 Å². The van der Waals surface area contributed by atoms with E-state index in [4.69, 9.17) is 0 Å². The molecule has 2 unspecified atom stereocenters. The molecule has 2 aromatic rings. The van der Waals surface area contributed by atoms with Crippen LogP contribution in [0.3, 0.4) is 0 Å². The molecule has 1 heteroatoms. The molecule has 0 nitrogen and oxygen atoms in total. The highest BCUT2D eigenvalue weighted by Crippen LogP contribution is 2.33. The first-order valence-corrected chi connectivity index (χ1v) is 7.92. The number of aryl methyl sites for hydroxylation is 1. The van der Waals surface area contributed by atoms with E-state index < -0.39 is 0 Å². The van der Waals surface area contributed by atoms with Crippen molar-refractivity contribution in [3.8, 4) is 0 Å². The number of hydrogen-bond donors (Lipinski definition) is 0. The molecule has 19 heavy (non-hydrogen) atoms. The second-order valence-electron chi connectivity index (χ2n) is 5.17. The van der Waals surface area contributed by atoms with Crippen molar-refractivity contribution in [2.75, 3.05) is 0 Å². The fraction of sp³-hybridized carbons (Fsp3) is 0.333. The first-order valence-electron chi connectivity index (χ1n) is 7.00. The Bertz CT molecular complexity index is 464. The van der Waals surface area contributed by atoms with Gasteiger partial charge in [-0.2, -0.15) is 0 Å². The Kier molecular flexibility index (Phi) is 5.65. The van der Waals surface area contributed by atoms with Crippen LogP contribution in [-0.2, 0) is 6.42 Å². The van der Waals surface area contributed by atoms with Crippen molar-refractivity contribution < 1.29 is 0 Å². The average molecular weight is 317 g/mol. The van der Waals surface area contributed by atoms with Gasteiger partial charge in [0.1, 0.15) is 0 Å². The molecule has 0 aliphatic rings. The van der Waals surface area contributed by atoms with Crippen LogP contribution in [-0.4, -0.2) is 0 Å². The largest absolute Gasteiger partial charge is 0.0836 e. The van der Waals surface area contributed by atoms with E-state index in [2.05, 4.69) is 83.5 Å². The number of halogens is 1. The van der Waals surface area contributed by atoms with Crippen LogP contribution < -0.4 is 0 Å². The predicted molar refractivity (Wildman–Crippen MR) is 86.7 cm³/mol. The van der Waals surface area contributed by atoms with Gasteiger partial charge in [0.25, 0.3) is 0 Å². The molecular weight excluding hydrogens is 296 g/mol. The third kappa shape index (κ3) is 4.50. The Hall–Kier alpha value is -1.08. The van der Waals surface area contributed by atoms with Gasteiger partial charge in [-0.05, 0) is 36.3 Å². The maximum absolute atomic E-state index is 3.84. The van der Waals surface area contributed by atoms with Crippen molar-refractivity contribution in [1.29, 1.82) is 0 Å². The van der Waals surface area contributed by atoms with Crippen molar-refractivity contribution in [2.24, 2.45) is 5.92 Å². The molecule has 2 atom stereocenters. The zero-order chi connectivity index (χ0) is 13.5. The van der Waals surface area contributed by atoms with Gasteiger partial charge in [0, 0.05) is 4.83 Å². The Morgan fingerprint density at radius 2 is 1.47 bits per heavy atom. The molecule has 0 amide bonds. The third-order valence-corrected chi connectivity index (χ3v) is 5.02. The summed E-state index contributed by atoms with van der Waals surface area (Å²) in [5.41, 5.74) is 2.83. The van der Waals surface area contributed by atoms with Gasteiger partial charge in [-0.3, -0.25) is 0 Å². The molecule has 100 valence electrons. The van der Waals surface area contributed by atoms with E-state index in [-0.39, 0.29) is 0 Å². The van der Waals surface area contributed by atoms with Gasteiger partial charge in [0.15, 0.2) is 0 Å². The fourth-order valence-electron chi connectivity index (χ4n) is 2.38. The highest BCUT2D eigenvalue weighted by Gasteiger charge is 2.15. The Morgan fingerprint density at radius 3 is 2.11 bits per heavy atom. The van der Waals surface area contributed by atoms with Gasteiger partial charge < -0.3 is 0 Å². The van der Waals surface area contributed by atoms with Gasteiger partial charge in [-0.1, -0.05) is 83.5 Å². The molecule has 0 aromatic heterocycles. The van der Waals surface area contributed by atoms with Crippen LogP contribution in [0.4, 0.5) is 0 Å². The minimum atomic E-state index is 0.462. The summed E-state index contributed by atoms with van der Waals surface area (Å²) in [4.78, 5) is 0.462. The molecule has 2 rings (SSSR count). The second-order valence-corrected chi connectivity index (χ2v) is 6.15. The standard InChI is InChI=1S/C18H21Br/c1-15(18(19)17-13-6-3-7-14-17)9-8-12-16-10-4-2-5-11-16/h2-7,10-11,13-15,18H,8-9,12H2,1H3. The van der Waals surface area contributed by atoms with Crippen molar-refractivity contribution in [3.63, 3.8) is 0 Å². The molecule has 0 saturated carbocycles. The van der Waals surface area contributed by atoms with Crippen LogP contribution >= 0.6 is 15.9 Å². The molecule has 0 spiro atoms. The lowest BCUT2D eigenvalue weighted by molar-refractivity contribution is 0.504. The van der Waals surface area contributed by atoms with E-state index in [1.807, 2.05) is 0 Å². The van der Waals surface area contributed by atoms with Crippen molar-refractivity contribution in [2.45, 2.75) is 31.0 Å². The van der Waals surface area contributed by atoms with Crippen LogP contribution in [0.15, 0.2) is 60.7 Å². The summed E-state index contributed by atoms with van der Waals surface area (Å²) in [6.45, 7) is 2.33. The van der Waals surface area contributed by atoms with E-state index in [1.165, 1.54) is 30.4 Å². The number of benzene rings is 2. The Morgan fingerprint density at radius 1 is 0.895 bits per heavy atom. The average Bonchev–Trinajstić information content (AvgIpc) is 2.48. The topological polar surface area (TPSA) is 0 Å². The normalized spacial score (nSPS) is 14.0. The highest BCUT2D eigenvalue weighted by molar-refractivity contribution is 9.09. The maximum Gasteiger partial charge on any atom is 0.0420 e. The Balaban J connectivity index is 1.80. The number of rotatable bonds is 6. The van der Waals surface area contributed by atoms with Crippen molar-refractivity contribution in [3.05, 3.63) is 71.8 Å². The number of hydrogen-bond acceptors (Lipinski definition) is 0. The van der Waals surface area contributed by atoms with Crippen LogP contribution in [0, 0.1) is 5.92 Å². The second kappa shape index (κ2) is 7.49. The van der Waals surface area contributed by atoms with E-state index >= 15 is 0 Å². The minimum absolute atomic E-state index is 0.462. The summed E-state index contributed by atoms with van der Waals surface area (Å²) >= 11 is 3.84. The summed E-state index contributed by atoms with van der Waals surface area (Å²) in [5, 5.41) is 0. The minimum Gasteiger partial charge on any atom is -0.0836 e. The van der Waals surface area contributed by atoms with Crippen LogP contribution in [0.1, 0.15) is 35.7 Å². The first kappa shape index (κ1) is 14.3. The summed E-state index contributed by atoms with van der Waals surface area (Å²) in [6, 6.07) is 21.5. The molecule has 0 N–H and O–H groups in total. The first-order chi connectivity index (χ1) is 9.27. The summed E-state index contributed by atoms with van der Waals surface area (Å²) in [6.07, 6.45) is 3.68. The molecule has 0 aliphatic heterocycles. The maximum atomic E-state index is 3.84. The predicted octanol–water partition coefficient (Wildman–Crippen LogP) is 5.78. The van der Waals surface area contributed by atoms with E-state index in [1.54, 1.807) is 0 Å². The van der Waals surface area contributed by atoms with Crippen molar-refractivity contribution >= 4 is 15.9 Å². The zero-order valence-electron chi connectivity index (χ0n) is 11.4. The lowest BCUT2D eigenvalue weighted by atomic mass is 9.94. The quantitative estimate of drug-likeness (QED) is 0.592. The van der Waals surface area contributed by atoms with Gasteiger partial charge in [0.2, 0.25) is 0 Å². The van der Waals surface area contributed by atoms with Crippen LogP contribution in [0.5, 0.6) is 0 Å². The van der Waals surface area contributed by atoms with E-state index in [0.717, 1.165) is 0 Å². The number of alkyl halides is 1. The highest BCUT2D eigenvalue weighted by atomic mass is 79.9. The molecular formula is C18H21Br. The summed E-state index contributed by atoms with van der Waals surface area (Å²) < 4.78 is 0. The molecule has 0 bridgehead atoms. The molecule has 2 aromatic carbocycles. The fourth-order valence-corrected chi connectivity index (χ4v) is 2.95. The van der Waals surface area contributed by atoms with Gasteiger partial charge in [-0.15, -0.1) is 0 Å². The van der Waals surface area contributed by atoms with Crippen LogP contribution in [0.25, 0.3) is 0 Å². The smallest absolute Gasteiger partial charge is 0.0420 e. The van der Waals surface area contributed by atoms with Gasteiger partial charge in [-0.25, -0.2) is 0 Å². The lowest BCUT2D eigenvalue weighted by Gasteiger charge is -2.18. The summed E-state index contributed by atoms with van der Waals surface area (Å²) in [7, 11) is 0. The van der Waals surface area contributed by atoms with E-state index in [0.29, 0.717) is 10.7 Å². The SMILES string of the molecule is CC(CCCc1ccccc1)C(Br)c1ccccc1. The van der Waals surface area contributed by atoms with E-state index in [9.17, 15) is 0 Å². The summed E-state index contributed by atoms with van der Waals surface area (Å²) in [5.74, 6) is 0.658. The molecule has 0 fully saturated rings. The van der Waals surface area contributed by atoms with Gasteiger partial charge >= 0.3 is 0 Å². The third-order valence-electron chi connectivity index (χ3n) is 3.59. The molecule has 0 aliphatic carbocycles. The van der Waals surface area contributed by atoms with Gasteiger partial charge in [0.05, 0.1) is 0 Å². The lowest BCUT2D eigenvalue weighted by Crippen LogP contribution is -2.04. The molecule has 0 saturated heterocycles. The monoisotopic (exact) mass is 316 g/mol. The zero-order valence-corrected chi connectivity index (χ0v) is 13.0. The molecule has 0 heterocycles.